The number of phenolic OH excluding ortho intramolecular Hbond substituents is 1. The highest BCUT2D eigenvalue weighted by atomic mass is 79.9. The van der Waals surface area contributed by atoms with E-state index in [4.69, 9.17) is 4.74 Å². The van der Waals surface area contributed by atoms with Crippen LogP contribution in [-0.4, -0.2) is 47.3 Å². The number of aliphatic hydroxyl groups is 1. The van der Waals surface area contributed by atoms with E-state index in [2.05, 4.69) is 15.9 Å². The number of likely N-dealkylation sites (tertiary alicyclic amines) is 1. The summed E-state index contributed by atoms with van der Waals surface area (Å²) in [5.74, 6) is 0.290. The molecule has 1 fully saturated rings. The lowest BCUT2D eigenvalue weighted by Gasteiger charge is -2.55. The van der Waals surface area contributed by atoms with E-state index in [9.17, 15) is 15.0 Å². The summed E-state index contributed by atoms with van der Waals surface area (Å²) in [6.45, 7) is 0.591. The fourth-order valence-corrected chi connectivity index (χ4v) is 5.27. The Morgan fingerprint density at radius 1 is 1.38 bits per heavy atom. The van der Waals surface area contributed by atoms with Gasteiger partial charge < -0.3 is 14.9 Å². The molecule has 128 valence electrons. The summed E-state index contributed by atoms with van der Waals surface area (Å²) in [5.41, 5.74) is 0.868. The molecule has 0 aromatic heterocycles. The van der Waals surface area contributed by atoms with Gasteiger partial charge in [-0.2, -0.15) is 0 Å². The van der Waals surface area contributed by atoms with Crippen molar-refractivity contribution in [3.05, 3.63) is 33.3 Å². The van der Waals surface area contributed by atoms with Crippen molar-refractivity contribution in [1.29, 1.82) is 0 Å². The minimum atomic E-state index is -1.50. The van der Waals surface area contributed by atoms with Crippen molar-refractivity contribution in [1.82, 2.24) is 4.90 Å². The van der Waals surface area contributed by atoms with Crippen LogP contribution < -0.4 is 4.74 Å². The minimum absolute atomic E-state index is 0.127. The van der Waals surface area contributed by atoms with E-state index in [1.165, 1.54) is 7.11 Å². The molecule has 5 nitrogen and oxygen atoms in total. The van der Waals surface area contributed by atoms with Gasteiger partial charge in [0, 0.05) is 28.4 Å². The summed E-state index contributed by atoms with van der Waals surface area (Å²) >= 11 is 3.60. The molecule has 1 saturated heterocycles. The van der Waals surface area contributed by atoms with E-state index in [1.54, 1.807) is 24.1 Å². The second-order valence-corrected chi connectivity index (χ2v) is 7.90. The third-order valence-corrected chi connectivity index (χ3v) is 6.74. The van der Waals surface area contributed by atoms with Gasteiger partial charge in [-0.05, 0) is 44.0 Å². The average molecular weight is 394 g/mol. The number of methoxy groups -OCH3 is 1. The number of hydrogen-bond acceptors (Lipinski definition) is 5. The predicted molar refractivity (Wildman–Crippen MR) is 92.3 cm³/mol. The normalized spacial score (nSPS) is 32.0. The number of piperidine rings is 1. The van der Waals surface area contributed by atoms with Gasteiger partial charge in [0.2, 0.25) is 5.78 Å². The molecule has 4 rings (SSSR count). The molecule has 2 aliphatic carbocycles. The number of ketones is 1. The van der Waals surface area contributed by atoms with E-state index >= 15 is 0 Å². The molecular formula is C18H20BrNO4. The largest absolute Gasteiger partial charge is 0.504 e. The molecule has 1 aromatic carbocycles. The number of nitrogens with zero attached hydrogens (tertiary/aromatic N) is 1. The number of allylic oxidation sites excluding steroid dienone is 1. The highest BCUT2D eigenvalue weighted by molar-refractivity contribution is 9.10. The van der Waals surface area contributed by atoms with Crippen LogP contribution >= 0.6 is 15.9 Å². The summed E-state index contributed by atoms with van der Waals surface area (Å²) in [7, 11) is 3.30. The fourth-order valence-electron chi connectivity index (χ4n) is 4.67. The number of fused-ring (bicyclic) bond motifs is 2. The van der Waals surface area contributed by atoms with Crippen LogP contribution in [0.3, 0.4) is 0 Å². The molecule has 1 heterocycles. The highest BCUT2D eigenvalue weighted by Crippen LogP contribution is 2.58. The number of carbonyl (C=O) groups is 1. The quantitative estimate of drug-likeness (QED) is 0.765. The molecule has 0 unspecified atom stereocenters. The Kier molecular flexibility index (Phi) is 3.40. The molecule has 1 spiro atoms. The topological polar surface area (TPSA) is 70.0 Å². The summed E-state index contributed by atoms with van der Waals surface area (Å²) < 4.78 is 6.24. The van der Waals surface area contributed by atoms with Gasteiger partial charge in [0.15, 0.2) is 17.2 Å². The number of rotatable bonds is 1. The summed E-state index contributed by atoms with van der Waals surface area (Å²) in [4.78, 5) is 14.2. The molecule has 0 saturated carbocycles. The summed E-state index contributed by atoms with van der Waals surface area (Å²) in [5, 5.41) is 21.9. The van der Waals surface area contributed by atoms with E-state index in [0.29, 0.717) is 12.3 Å². The van der Waals surface area contributed by atoms with Crippen LogP contribution in [0, 0.1) is 0 Å². The molecule has 0 amide bonds. The lowest BCUT2D eigenvalue weighted by atomic mass is 9.56. The second-order valence-electron chi connectivity index (χ2n) is 7.04. The monoisotopic (exact) mass is 393 g/mol. The van der Waals surface area contributed by atoms with E-state index in [0.717, 1.165) is 40.4 Å². The Hall–Kier alpha value is -1.37. The third-order valence-electron chi connectivity index (χ3n) is 6.03. The third kappa shape index (κ3) is 1.85. The van der Waals surface area contributed by atoms with Crippen LogP contribution in [0.4, 0.5) is 0 Å². The number of carbonyl (C=O) groups excluding carboxylic acids is 1. The van der Waals surface area contributed by atoms with Crippen LogP contribution in [0.25, 0.3) is 0 Å². The van der Waals surface area contributed by atoms with Crippen molar-refractivity contribution in [3.8, 4) is 11.5 Å². The van der Waals surface area contributed by atoms with Crippen LogP contribution in [0.1, 0.15) is 30.4 Å². The van der Waals surface area contributed by atoms with Gasteiger partial charge in [-0.15, -0.1) is 0 Å². The zero-order valence-electron chi connectivity index (χ0n) is 13.7. The van der Waals surface area contributed by atoms with Crippen LogP contribution in [0.15, 0.2) is 22.2 Å². The predicted octanol–water partition coefficient (Wildman–Crippen LogP) is 2.27. The maximum Gasteiger partial charge on any atom is 0.202 e. The number of halogens is 1. The van der Waals surface area contributed by atoms with Gasteiger partial charge in [0.05, 0.1) is 7.11 Å². The molecule has 0 radical (unpaired) electrons. The zero-order valence-corrected chi connectivity index (χ0v) is 15.3. The van der Waals surface area contributed by atoms with E-state index in [1.807, 2.05) is 0 Å². The number of aromatic hydroxyl groups is 1. The van der Waals surface area contributed by atoms with Gasteiger partial charge in [0.1, 0.15) is 0 Å². The van der Waals surface area contributed by atoms with Gasteiger partial charge in [-0.25, -0.2) is 0 Å². The molecular weight excluding hydrogens is 374 g/mol. The average Bonchev–Trinajstić information content (AvgIpc) is 2.55. The van der Waals surface area contributed by atoms with Crippen LogP contribution in [-0.2, 0) is 16.6 Å². The Balaban J connectivity index is 2.02. The second kappa shape index (κ2) is 5.07. The highest BCUT2D eigenvalue weighted by Gasteiger charge is 2.58. The van der Waals surface area contributed by atoms with Crippen LogP contribution in [0.5, 0.6) is 11.5 Å². The van der Waals surface area contributed by atoms with Crippen LogP contribution in [0.2, 0.25) is 0 Å². The van der Waals surface area contributed by atoms with Crippen molar-refractivity contribution in [2.45, 2.75) is 36.8 Å². The Morgan fingerprint density at radius 3 is 2.83 bits per heavy atom. The first-order valence-electron chi connectivity index (χ1n) is 8.11. The maximum atomic E-state index is 12.5. The van der Waals surface area contributed by atoms with E-state index in [-0.39, 0.29) is 18.0 Å². The fraction of sp³-hybridized carbons (Fsp3) is 0.500. The maximum absolute atomic E-state index is 12.5. The number of benzene rings is 1. The number of likely N-dealkylation sites (N-methyl/N-ethyl adjacent to an activating group) is 1. The Bertz CT molecular complexity index is 790. The number of phenols is 1. The number of hydrogen-bond donors (Lipinski definition) is 2. The lowest BCUT2D eigenvalue weighted by Crippen LogP contribution is -2.64. The van der Waals surface area contributed by atoms with Crippen molar-refractivity contribution in [2.24, 2.45) is 0 Å². The lowest BCUT2D eigenvalue weighted by molar-refractivity contribution is -0.168. The van der Waals surface area contributed by atoms with Gasteiger partial charge in [-0.3, -0.25) is 9.69 Å². The molecule has 2 bridgehead atoms. The summed E-state index contributed by atoms with van der Waals surface area (Å²) in [6.07, 6.45) is 4.16. The first kappa shape index (κ1) is 16.1. The molecule has 1 aliphatic heterocycles. The molecule has 1 aromatic rings. The zero-order chi connectivity index (χ0) is 17.3. The Labute approximate surface area is 149 Å². The molecule has 6 heteroatoms. The first-order valence-corrected chi connectivity index (χ1v) is 8.91. The first-order chi connectivity index (χ1) is 11.3. The van der Waals surface area contributed by atoms with Gasteiger partial charge >= 0.3 is 0 Å². The minimum Gasteiger partial charge on any atom is -0.504 e. The molecule has 3 aliphatic rings. The smallest absolute Gasteiger partial charge is 0.202 e. The van der Waals surface area contributed by atoms with Gasteiger partial charge in [-0.1, -0.05) is 21.5 Å². The summed E-state index contributed by atoms with van der Waals surface area (Å²) in [6, 6.07) is 1.79. The Morgan fingerprint density at radius 2 is 2.12 bits per heavy atom. The van der Waals surface area contributed by atoms with Crippen molar-refractivity contribution >= 4 is 21.7 Å². The van der Waals surface area contributed by atoms with Crippen molar-refractivity contribution < 1.29 is 19.7 Å². The van der Waals surface area contributed by atoms with Crippen molar-refractivity contribution in [2.75, 3.05) is 20.7 Å². The molecule has 2 atom stereocenters. The SMILES string of the molecule is COc1cc(Br)c2c(c1O)[C@]13CCN(C)[C@](O)(C1)C(=O)C=C3CC2. The standard InChI is InChI=1S/C18H20BrNO4/c1-20-6-5-17-9-18(20,23)14(21)7-10(17)3-4-11-12(19)8-13(24-2)16(22)15(11)17/h7-8,22-23H,3-6,9H2,1-2H3/t17-,18+/m1/s1. The molecule has 2 N–H and O–H groups in total. The molecule has 24 heavy (non-hydrogen) atoms. The van der Waals surface area contributed by atoms with E-state index < -0.39 is 11.1 Å². The van der Waals surface area contributed by atoms with Crippen molar-refractivity contribution in [3.63, 3.8) is 0 Å². The van der Waals surface area contributed by atoms with Gasteiger partial charge in [0.25, 0.3) is 0 Å². The number of ether oxygens (including phenoxy) is 1.